The monoisotopic (exact) mass is 402 g/mol. The Bertz CT molecular complexity index is 865. The van der Waals surface area contributed by atoms with Crippen LogP contribution in [0.4, 0.5) is 10.1 Å². The molecule has 0 aliphatic carbocycles. The van der Waals surface area contributed by atoms with E-state index in [0.717, 1.165) is 0 Å². The number of ether oxygens (including phenoxy) is 1. The molecule has 1 heterocycles. The van der Waals surface area contributed by atoms with Crippen molar-refractivity contribution >= 4 is 29.1 Å². The Labute approximate surface area is 167 Å². The van der Waals surface area contributed by atoms with E-state index in [2.05, 4.69) is 11.9 Å². The number of amides is 2. The summed E-state index contributed by atoms with van der Waals surface area (Å²) >= 11 is 5.99. The molecule has 1 unspecified atom stereocenters. The standard InChI is InChI=1S/C21H20ClFN2O3/c1-2-10-24-21(27)14-11-20(26)25(12-14)15-6-8-16(9-7-15)28-13-17-18(22)4-3-5-19(17)23/h2-9,14H,1,10-13H2,(H,24,27). The van der Waals surface area contributed by atoms with E-state index < -0.39 is 5.82 Å². The van der Waals surface area contributed by atoms with Crippen LogP contribution in [0.3, 0.4) is 0 Å². The van der Waals surface area contributed by atoms with E-state index in [4.69, 9.17) is 16.3 Å². The molecule has 0 radical (unpaired) electrons. The van der Waals surface area contributed by atoms with Crippen molar-refractivity contribution in [3.8, 4) is 5.75 Å². The lowest BCUT2D eigenvalue weighted by molar-refractivity contribution is -0.126. The zero-order valence-electron chi connectivity index (χ0n) is 15.2. The molecule has 1 N–H and O–H groups in total. The molecule has 5 nitrogen and oxygen atoms in total. The second-order valence-electron chi connectivity index (χ2n) is 6.42. The van der Waals surface area contributed by atoms with Gasteiger partial charge in [0.15, 0.2) is 0 Å². The highest BCUT2D eigenvalue weighted by Crippen LogP contribution is 2.28. The Balaban J connectivity index is 1.62. The number of hydrogen-bond acceptors (Lipinski definition) is 3. The topological polar surface area (TPSA) is 58.6 Å². The highest BCUT2D eigenvalue weighted by Gasteiger charge is 2.34. The van der Waals surface area contributed by atoms with Gasteiger partial charge in [-0.3, -0.25) is 9.59 Å². The van der Waals surface area contributed by atoms with Crippen molar-refractivity contribution in [2.24, 2.45) is 5.92 Å². The number of halogens is 2. The fraction of sp³-hybridized carbons (Fsp3) is 0.238. The third-order valence-electron chi connectivity index (χ3n) is 4.51. The minimum absolute atomic E-state index is 0.000945. The summed E-state index contributed by atoms with van der Waals surface area (Å²) in [6.07, 6.45) is 1.77. The van der Waals surface area contributed by atoms with E-state index in [1.54, 1.807) is 41.3 Å². The quantitative estimate of drug-likeness (QED) is 0.718. The number of carbonyl (C=O) groups is 2. The maximum atomic E-state index is 13.8. The molecule has 2 aromatic carbocycles. The van der Waals surface area contributed by atoms with Crippen LogP contribution < -0.4 is 15.0 Å². The molecule has 0 saturated carbocycles. The highest BCUT2D eigenvalue weighted by atomic mass is 35.5. The van der Waals surface area contributed by atoms with Crippen molar-refractivity contribution < 1.29 is 18.7 Å². The van der Waals surface area contributed by atoms with Crippen molar-refractivity contribution in [3.05, 3.63) is 71.5 Å². The van der Waals surface area contributed by atoms with Gasteiger partial charge in [-0.1, -0.05) is 23.7 Å². The van der Waals surface area contributed by atoms with Crippen LogP contribution in [0.25, 0.3) is 0 Å². The molecular formula is C21H20ClFN2O3. The molecule has 2 aromatic rings. The second-order valence-corrected chi connectivity index (χ2v) is 6.83. The zero-order valence-corrected chi connectivity index (χ0v) is 15.9. The third-order valence-corrected chi connectivity index (χ3v) is 4.86. The van der Waals surface area contributed by atoms with E-state index >= 15 is 0 Å². The molecule has 1 atom stereocenters. The van der Waals surface area contributed by atoms with Crippen LogP contribution >= 0.6 is 11.6 Å². The predicted octanol–water partition coefficient (Wildman–Crippen LogP) is 3.71. The van der Waals surface area contributed by atoms with Gasteiger partial charge in [-0.25, -0.2) is 4.39 Å². The minimum Gasteiger partial charge on any atom is -0.489 e. The van der Waals surface area contributed by atoms with Gasteiger partial charge in [0.2, 0.25) is 11.8 Å². The van der Waals surface area contributed by atoms with Crippen LogP contribution in [0.1, 0.15) is 12.0 Å². The van der Waals surface area contributed by atoms with Crippen molar-refractivity contribution in [1.29, 1.82) is 0 Å². The molecule has 7 heteroatoms. The average Bonchev–Trinajstić information content (AvgIpc) is 3.08. The normalized spacial score (nSPS) is 16.1. The van der Waals surface area contributed by atoms with E-state index in [-0.39, 0.29) is 36.3 Å². The van der Waals surface area contributed by atoms with Gasteiger partial charge in [0.05, 0.1) is 10.9 Å². The fourth-order valence-electron chi connectivity index (χ4n) is 3.00. The van der Waals surface area contributed by atoms with Crippen molar-refractivity contribution in [1.82, 2.24) is 5.32 Å². The molecule has 0 bridgehead atoms. The largest absolute Gasteiger partial charge is 0.489 e. The molecule has 28 heavy (non-hydrogen) atoms. The molecule has 3 rings (SSSR count). The Morgan fingerprint density at radius 1 is 1.32 bits per heavy atom. The van der Waals surface area contributed by atoms with Gasteiger partial charge in [-0.05, 0) is 36.4 Å². The van der Waals surface area contributed by atoms with Crippen LogP contribution in [0.15, 0.2) is 55.1 Å². The first-order valence-corrected chi connectivity index (χ1v) is 9.22. The molecule has 1 aliphatic heterocycles. The first-order valence-electron chi connectivity index (χ1n) is 8.84. The molecule has 1 fully saturated rings. The SMILES string of the molecule is C=CCNC(=O)C1CC(=O)N(c2ccc(OCc3c(F)cccc3Cl)cc2)C1. The number of nitrogens with one attached hydrogen (secondary N) is 1. The van der Waals surface area contributed by atoms with Gasteiger partial charge in [-0.15, -0.1) is 6.58 Å². The summed E-state index contributed by atoms with van der Waals surface area (Å²) in [5.41, 5.74) is 0.969. The number of rotatable bonds is 7. The molecule has 1 aliphatic rings. The van der Waals surface area contributed by atoms with E-state index in [0.29, 0.717) is 29.5 Å². The van der Waals surface area contributed by atoms with E-state index in [1.807, 2.05) is 0 Å². The van der Waals surface area contributed by atoms with Gasteiger partial charge >= 0.3 is 0 Å². The summed E-state index contributed by atoms with van der Waals surface area (Å²) in [4.78, 5) is 25.9. The summed E-state index contributed by atoms with van der Waals surface area (Å²) in [7, 11) is 0. The molecular weight excluding hydrogens is 383 g/mol. The third kappa shape index (κ3) is 4.51. The van der Waals surface area contributed by atoms with Crippen LogP contribution in [0.2, 0.25) is 5.02 Å². The van der Waals surface area contributed by atoms with Crippen molar-refractivity contribution in [2.45, 2.75) is 13.0 Å². The summed E-state index contributed by atoms with van der Waals surface area (Å²) in [5.74, 6) is -0.544. The van der Waals surface area contributed by atoms with Crippen LogP contribution in [-0.2, 0) is 16.2 Å². The Morgan fingerprint density at radius 2 is 2.07 bits per heavy atom. The number of hydrogen-bond donors (Lipinski definition) is 1. The Morgan fingerprint density at radius 3 is 2.75 bits per heavy atom. The highest BCUT2D eigenvalue weighted by molar-refractivity contribution is 6.31. The van der Waals surface area contributed by atoms with E-state index in [1.165, 1.54) is 12.1 Å². The maximum absolute atomic E-state index is 13.8. The fourth-order valence-corrected chi connectivity index (χ4v) is 3.22. The van der Waals surface area contributed by atoms with Gasteiger partial charge in [-0.2, -0.15) is 0 Å². The molecule has 146 valence electrons. The molecule has 2 amide bonds. The van der Waals surface area contributed by atoms with Gasteiger partial charge < -0.3 is 15.0 Å². The van der Waals surface area contributed by atoms with Crippen LogP contribution in [-0.4, -0.2) is 24.9 Å². The zero-order chi connectivity index (χ0) is 20.1. The molecule has 0 spiro atoms. The summed E-state index contributed by atoms with van der Waals surface area (Å²) in [5, 5.41) is 3.03. The minimum atomic E-state index is -0.424. The van der Waals surface area contributed by atoms with Gasteiger partial charge in [0.1, 0.15) is 18.2 Å². The summed E-state index contributed by atoms with van der Waals surface area (Å²) < 4.78 is 19.4. The molecule has 0 aromatic heterocycles. The van der Waals surface area contributed by atoms with Crippen molar-refractivity contribution in [2.75, 3.05) is 18.0 Å². The van der Waals surface area contributed by atoms with Crippen LogP contribution in [0, 0.1) is 11.7 Å². The predicted molar refractivity (Wildman–Crippen MR) is 106 cm³/mol. The Kier molecular flexibility index (Phi) is 6.31. The van der Waals surface area contributed by atoms with Crippen LogP contribution in [0.5, 0.6) is 5.75 Å². The lowest BCUT2D eigenvalue weighted by Gasteiger charge is -2.17. The summed E-state index contributed by atoms with van der Waals surface area (Å²) in [6.45, 7) is 4.26. The van der Waals surface area contributed by atoms with Gasteiger partial charge in [0.25, 0.3) is 0 Å². The maximum Gasteiger partial charge on any atom is 0.227 e. The number of anilines is 1. The lowest BCUT2D eigenvalue weighted by Crippen LogP contribution is -2.32. The van der Waals surface area contributed by atoms with Crippen molar-refractivity contribution in [3.63, 3.8) is 0 Å². The smallest absolute Gasteiger partial charge is 0.227 e. The first kappa shape index (κ1) is 19.9. The average molecular weight is 403 g/mol. The van der Waals surface area contributed by atoms with E-state index in [9.17, 15) is 14.0 Å². The number of nitrogens with zero attached hydrogens (tertiary/aromatic N) is 1. The number of benzene rings is 2. The Hall–Kier alpha value is -2.86. The first-order chi connectivity index (χ1) is 13.5. The molecule has 1 saturated heterocycles. The lowest BCUT2D eigenvalue weighted by atomic mass is 10.1. The second kappa shape index (κ2) is 8.89. The summed E-state index contributed by atoms with van der Waals surface area (Å²) in [6, 6.07) is 11.3. The number of carbonyl (C=O) groups excluding carboxylic acids is 2. The van der Waals surface area contributed by atoms with Gasteiger partial charge in [0, 0.05) is 30.8 Å².